The lowest BCUT2D eigenvalue weighted by Crippen LogP contribution is -2.33. The van der Waals surface area contributed by atoms with Crippen LogP contribution in [0.15, 0.2) is 83.8 Å². The maximum Gasteiger partial charge on any atom is 0.339 e. The number of benzene rings is 3. The zero-order valence-corrected chi connectivity index (χ0v) is 23.2. The van der Waals surface area contributed by atoms with E-state index in [1.807, 2.05) is 54.1 Å². The summed E-state index contributed by atoms with van der Waals surface area (Å²) in [5.74, 6) is -3.12. The van der Waals surface area contributed by atoms with Gasteiger partial charge < -0.3 is 14.8 Å². The highest BCUT2D eigenvalue weighted by Gasteiger charge is 2.28. The van der Waals surface area contributed by atoms with Crippen molar-refractivity contribution in [2.24, 2.45) is 0 Å². The van der Waals surface area contributed by atoms with Crippen molar-refractivity contribution in [2.45, 2.75) is 43.7 Å². The minimum Gasteiger partial charge on any atom is -0.378 e. The summed E-state index contributed by atoms with van der Waals surface area (Å²) in [6.45, 7) is 5.88. The Morgan fingerprint density at radius 2 is 1.88 bits per heavy atom. The molecule has 1 aromatic heterocycles. The number of hydrogen-bond donors (Lipinski definition) is 2. The smallest absolute Gasteiger partial charge is 0.339 e. The van der Waals surface area contributed by atoms with Gasteiger partial charge in [0.15, 0.2) is 5.75 Å². The monoisotopic (exact) mass is 566 g/mol. The van der Waals surface area contributed by atoms with E-state index in [1.165, 1.54) is 18.2 Å². The summed E-state index contributed by atoms with van der Waals surface area (Å²) >= 11 is 0. The molecule has 3 aromatic carbocycles. The lowest BCUT2D eigenvalue weighted by Gasteiger charge is -2.14. The van der Waals surface area contributed by atoms with E-state index >= 15 is 0 Å². The van der Waals surface area contributed by atoms with Gasteiger partial charge in [0.1, 0.15) is 4.90 Å². The van der Waals surface area contributed by atoms with E-state index in [-0.39, 0.29) is 10.6 Å². The lowest BCUT2D eigenvalue weighted by molar-refractivity contribution is 0.0172. The molecule has 1 aliphatic heterocycles. The zero-order chi connectivity index (χ0) is 28.3. The van der Waals surface area contributed by atoms with Crippen LogP contribution in [0.2, 0.25) is 0 Å². The lowest BCUT2D eigenvalue weighted by atomic mass is 10.1. The first-order chi connectivity index (χ1) is 19.1. The van der Waals surface area contributed by atoms with Crippen LogP contribution in [0.3, 0.4) is 0 Å². The highest BCUT2D eigenvalue weighted by molar-refractivity contribution is 7.87. The third kappa shape index (κ3) is 6.41. The predicted molar refractivity (Wildman–Crippen MR) is 151 cm³/mol. The topological polar surface area (TPSA) is 85.2 Å². The molecule has 1 saturated heterocycles. The molecule has 0 spiro atoms. The highest BCUT2D eigenvalue weighted by Crippen LogP contribution is 2.35. The number of nitrogens with zero attached hydrogens (tertiary/aromatic N) is 2. The largest absolute Gasteiger partial charge is 0.378 e. The molecule has 2 heterocycles. The van der Waals surface area contributed by atoms with Gasteiger partial charge in [0.25, 0.3) is 5.92 Å². The minimum atomic E-state index is -4.40. The third-order valence-corrected chi connectivity index (χ3v) is 8.14. The number of hydrogen-bond acceptors (Lipinski definition) is 6. The maximum absolute atomic E-state index is 13.9. The normalized spacial score (nSPS) is 15.8. The molecule has 210 valence electrons. The summed E-state index contributed by atoms with van der Waals surface area (Å²) in [4.78, 5) is -0.346. The van der Waals surface area contributed by atoms with Crippen LogP contribution in [0.25, 0.3) is 22.5 Å². The molecule has 7 nitrogen and oxygen atoms in total. The van der Waals surface area contributed by atoms with Crippen LogP contribution in [0.5, 0.6) is 5.75 Å². The second kappa shape index (κ2) is 11.5. The van der Waals surface area contributed by atoms with Crippen molar-refractivity contribution in [3.8, 4) is 28.3 Å². The van der Waals surface area contributed by atoms with Gasteiger partial charge in [0.05, 0.1) is 17.9 Å². The first-order valence-electron chi connectivity index (χ1n) is 13.2. The molecule has 0 saturated carbocycles. The van der Waals surface area contributed by atoms with Crippen molar-refractivity contribution < 1.29 is 21.4 Å². The van der Waals surface area contributed by atoms with E-state index in [2.05, 4.69) is 10.6 Å². The fourth-order valence-corrected chi connectivity index (χ4v) is 5.77. The average molecular weight is 567 g/mol. The fraction of sp³-hybridized carbons (Fsp3) is 0.300. The van der Waals surface area contributed by atoms with Crippen LogP contribution in [0.4, 0.5) is 8.78 Å². The van der Waals surface area contributed by atoms with Crippen molar-refractivity contribution in [3.63, 3.8) is 0 Å². The molecule has 10 heteroatoms. The van der Waals surface area contributed by atoms with Crippen LogP contribution in [0, 0.1) is 6.92 Å². The zero-order valence-electron chi connectivity index (χ0n) is 22.4. The Morgan fingerprint density at radius 3 is 2.60 bits per heavy atom. The Labute approximate surface area is 233 Å². The van der Waals surface area contributed by atoms with E-state index in [0.717, 1.165) is 55.9 Å². The molecule has 2 N–H and O–H groups in total. The SMILES string of the molecule is Cc1ccc(OS(=O)(=O)c2cccc(C(C)(F)F)c2)c(-c2cc(-c3ccccc3)n(CCN[C@@H]3CCNC3)n2)c1. The first kappa shape index (κ1) is 27.9. The Balaban J connectivity index is 1.49. The molecule has 0 unspecified atom stereocenters. The fourth-order valence-electron chi connectivity index (χ4n) is 4.77. The standard InChI is InChI=1S/C30H32F2N4O3S/c1-21-11-12-29(39-40(37,38)25-10-6-9-23(18-25)30(2,31)32)26(17-21)27-19-28(22-7-4-3-5-8-22)36(35-27)16-15-34-24-13-14-33-20-24/h3-12,17-19,24,33-34H,13-16,20H2,1-2H3/t24-/m1/s1. The Kier molecular flexibility index (Phi) is 8.02. The average Bonchev–Trinajstić information content (AvgIpc) is 3.60. The molecule has 5 rings (SSSR count). The molecule has 1 atom stereocenters. The number of nitrogens with one attached hydrogen (secondary N) is 2. The van der Waals surface area contributed by atoms with E-state index in [1.54, 1.807) is 12.1 Å². The Hall–Kier alpha value is -3.60. The molecular formula is C30H32F2N4O3S. The molecule has 1 aliphatic rings. The number of halogens is 2. The van der Waals surface area contributed by atoms with E-state index in [0.29, 0.717) is 23.8 Å². The molecular weight excluding hydrogens is 534 g/mol. The Bertz CT molecular complexity index is 1580. The van der Waals surface area contributed by atoms with Gasteiger partial charge in [-0.25, -0.2) is 8.78 Å². The molecule has 0 bridgehead atoms. The van der Waals surface area contributed by atoms with Crippen molar-refractivity contribution in [2.75, 3.05) is 19.6 Å². The summed E-state index contributed by atoms with van der Waals surface area (Å²) < 4.78 is 61.6. The van der Waals surface area contributed by atoms with Gasteiger partial charge in [0.2, 0.25) is 0 Å². The summed E-state index contributed by atoms with van der Waals surface area (Å²) in [6, 6.07) is 22.0. The van der Waals surface area contributed by atoms with Gasteiger partial charge in [-0.1, -0.05) is 54.1 Å². The van der Waals surface area contributed by atoms with Crippen LogP contribution < -0.4 is 14.8 Å². The number of aryl methyl sites for hydroxylation is 1. The summed E-state index contributed by atoms with van der Waals surface area (Å²) in [5.41, 5.74) is 3.38. The van der Waals surface area contributed by atoms with Gasteiger partial charge in [-0.15, -0.1) is 0 Å². The molecule has 0 aliphatic carbocycles. The van der Waals surface area contributed by atoms with Crippen LogP contribution >= 0.6 is 0 Å². The minimum absolute atomic E-state index is 0.0682. The second-order valence-electron chi connectivity index (χ2n) is 10.1. The summed E-state index contributed by atoms with van der Waals surface area (Å²) in [7, 11) is -4.40. The predicted octanol–water partition coefficient (Wildman–Crippen LogP) is 5.36. The van der Waals surface area contributed by atoms with E-state index in [9.17, 15) is 17.2 Å². The third-order valence-electron chi connectivity index (χ3n) is 6.91. The van der Waals surface area contributed by atoms with Gasteiger partial charge in [0, 0.05) is 37.2 Å². The van der Waals surface area contributed by atoms with Crippen LogP contribution in [0.1, 0.15) is 24.5 Å². The quantitative estimate of drug-likeness (QED) is 0.252. The van der Waals surface area contributed by atoms with Crippen molar-refractivity contribution in [1.82, 2.24) is 20.4 Å². The number of rotatable bonds is 10. The van der Waals surface area contributed by atoms with Gasteiger partial charge in [-0.05, 0) is 55.8 Å². The number of aromatic nitrogens is 2. The molecule has 4 aromatic rings. The van der Waals surface area contributed by atoms with Crippen molar-refractivity contribution in [1.29, 1.82) is 0 Å². The highest BCUT2D eigenvalue weighted by atomic mass is 32.2. The first-order valence-corrected chi connectivity index (χ1v) is 14.6. The second-order valence-corrected chi connectivity index (χ2v) is 11.6. The van der Waals surface area contributed by atoms with Gasteiger partial charge >= 0.3 is 10.1 Å². The Morgan fingerprint density at radius 1 is 1.07 bits per heavy atom. The van der Waals surface area contributed by atoms with Gasteiger partial charge in [-0.2, -0.15) is 13.5 Å². The van der Waals surface area contributed by atoms with E-state index < -0.39 is 21.6 Å². The van der Waals surface area contributed by atoms with Gasteiger partial charge in [-0.3, -0.25) is 4.68 Å². The van der Waals surface area contributed by atoms with E-state index in [4.69, 9.17) is 9.28 Å². The molecule has 0 radical (unpaired) electrons. The summed E-state index contributed by atoms with van der Waals surface area (Å²) in [6.07, 6.45) is 1.08. The van der Waals surface area contributed by atoms with Crippen LogP contribution in [-0.4, -0.2) is 43.9 Å². The summed E-state index contributed by atoms with van der Waals surface area (Å²) in [5, 5.41) is 11.8. The maximum atomic E-state index is 13.9. The molecule has 1 fully saturated rings. The molecule has 0 amide bonds. The van der Waals surface area contributed by atoms with Crippen molar-refractivity contribution >= 4 is 10.1 Å². The molecule has 40 heavy (non-hydrogen) atoms. The number of alkyl halides is 2. The van der Waals surface area contributed by atoms with Crippen LogP contribution in [-0.2, 0) is 22.6 Å². The van der Waals surface area contributed by atoms with Crippen molar-refractivity contribution in [3.05, 3.63) is 90.0 Å².